The highest BCUT2D eigenvalue weighted by atomic mass is 16.5. The fraction of sp³-hybridized carbons (Fsp3) is 0.235. The Balaban J connectivity index is 2.05. The molecule has 0 saturated carbocycles. The Labute approximate surface area is 139 Å². The number of para-hydroxylation sites is 2. The molecule has 0 unspecified atom stereocenters. The van der Waals surface area contributed by atoms with Crippen LogP contribution in [0.5, 0.6) is 17.4 Å². The van der Waals surface area contributed by atoms with Gasteiger partial charge in [0.2, 0.25) is 17.7 Å². The van der Waals surface area contributed by atoms with Crippen LogP contribution in [0.25, 0.3) is 0 Å². The number of nitrogens with one attached hydrogen (secondary N) is 1. The first-order valence-electron chi connectivity index (χ1n) is 7.40. The fourth-order valence-electron chi connectivity index (χ4n) is 1.98. The molecule has 1 aromatic carbocycles. The Bertz CT molecular complexity index is 718. The van der Waals surface area contributed by atoms with Gasteiger partial charge in [-0.15, -0.1) is 0 Å². The van der Waals surface area contributed by atoms with Crippen LogP contribution in [-0.2, 0) is 16.1 Å². The number of pyridine rings is 1. The van der Waals surface area contributed by atoms with E-state index in [-0.39, 0.29) is 25.3 Å². The molecule has 7 heteroatoms. The van der Waals surface area contributed by atoms with Crippen LogP contribution < -0.4 is 20.5 Å². The molecule has 3 N–H and O–H groups in total. The van der Waals surface area contributed by atoms with Gasteiger partial charge in [0.15, 0.2) is 11.5 Å². The van der Waals surface area contributed by atoms with Crippen LogP contribution in [0.2, 0.25) is 0 Å². The van der Waals surface area contributed by atoms with E-state index >= 15 is 0 Å². The number of carbonyl (C=O) groups excluding carboxylic acids is 2. The Morgan fingerprint density at radius 2 is 1.88 bits per heavy atom. The number of benzene rings is 1. The van der Waals surface area contributed by atoms with E-state index < -0.39 is 5.91 Å². The molecule has 0 radical (unpaired) electrons. The number of nitrogens with two attached hydrogens (primary N) is 1. The minimum Gasteiger partial charge on any atom is -0.493 e. The van der Waals surface area contributed by atoms with Crippen molar-refractivity contribution < 1.29 is 19.1 Å². The van der Waals surface area contributed by atoms with E-state index in [1.165, 1.54) is 0 Å². The van der Waals surface area contributed by atoms with Crippen molar-refractivity contribution >= 4 is 11.8 Å². The van der Waals surface area contributed by atoms with Crippen molar-refractivity contribution in [1.82, 2.24) is 10.3 Å². The quantitative estimate of drug-likeness (QED) is 0.768. The van der Waals surface area contributed by atoms with Crippen molar-refractivity contribution in [2.24, 2.45) is 5.73 Å². The molecular weight excluding hydrogens is 310 g/mol. The summed E-state index contributed by atoms with van der Waals surface area (Å²) in [5.41, 5.74) is 5.73. The number of primary amides is 1. The zero-order valence-electron chi connectivity index (χ0n) is 13.3. The molecule has 1 heterocycles. The van der Waals surface area contributed by atoms with E-state index in [9.17, 15) is 9.59 Å². The molecule has 0 aliphatic carbocycles. The van der Waals surface area contributed by atoms with Crippen molar-refractivity contribution in [1.29, 1.82) is 0 Å². The number of amides is 2. The van der Waals surface area contributed by atoms with E-state index in [2.05, 4.69) is 10.3 Å². The molecule has 24 heavy (non-hydrogen) atoms. The van der Waals surface area contributed by atoms with Gasteiger partial charge >= 0.3 is 0 Å². The summed E-state index contributed by atoms with van der Waals surface area (Å²) in [6.07, 6.45) is 1.67. The molecule has 0 aliphatic rings. The molecule has 0 fully saturated rings. The second-order valence-corrected chi connectivity index (χ2v) is 4.96. The lowest BCUT2D eigenvalue weighted by atomic mass is 10.2. The summed E-state index contributed by atoms with van der Waals surface area (Å²) in [4.78, 5) is 26.6. The molecule has 0 atom stereocenters. The summed E-state index contributed by atoms with van der Waals surface area (Å²) in [7, 11) is 1.56. The average Bonchev–Trinajstić information content (AvgIpc) is 2.59. The standard InChI is InChI=1S/C17H19N3O4/c1-23-13-6-2-3-7-14(13)24-17-12(5-4-10-19-17)11-20-16(22)9-8-15(18)21/h2-7,10H,8-9,11H2,1H3,(H2,18,21)(H,20,22). The molecule has 1 aromatic heterocycles. The zero-order chi connectivity index (χ0) is 17.4. The van der Waals surface area contributed by atoms with E-state index in [0.717, 1.165) is 0 Å². The maximum atomic E-state index is 11.7. The second-order valence-electron chi connectivity index (χ2n) is 4.96. The van der Waals surface area contributed by atoms with Gasteiger partial charge in [0.25, 0.3) is 0 Å². The zero-order valence-corrected chi connectivity index (χ0v) is 13.3. The number of methoxy groups -OCH3 is 1. The number of carbonyl (C=O) groups is 2. The monoisotopic (exact) mass is 329 g/mol. The smallest absolute Gasteiger partial charge is 0.224 e. The lowest BCUT2D eigenvalue weighted by Crippen LogP contribution is -2.24. The van der Waals surface area contributed by atoms with Gasteiger partial charge in [-0.3, -0.25) is 9.59 Å². The summed E-state index contributed by atoms with van der Waals surface area (Å²) in [6, 6.07) is 10.8. The van der Waals surface area contributed by atoms with Gasteiger partial charge in [-0.05, 0) is 18.2 Å². The van der Waals surface area contributed by atoms with Crippen LogP contribution in [0.4, 0.5) is 0 Å². The third-order valence-corrected chi connectivity index (χ3v) is 3.20. The number of hydrogen-bond donors (Lipinski definition) is 2. The van der Waals surface area contributed by atoms with Crippen LogP contribution >= 0.6 is 0 Å². The van der Waals surface area contributed by atoms with Crippen molar-refractivity contribution in [2.45, 2.75) is 19.4 Å². The minimum atomic E-state index is -0.508. The van der Waals surface area contributed by atoms with Gasteiger partial charge in [-0.2, -0.15) is 0 Å². The second kappa shape index (κ2) is 8.52. The van der Waals surface area contributed by atoms with Gasteiger partial charge in [0, 0.05) is 31.1 Å². The van der Waals surface area contributed by atoms with Crippen molar-refractivity contribution in [3.8, 4) is 17.4 Å². The predicted octanol–water partition coefficient (Wildman–Crippen LogP) is 1.76. The van der Waals surface area contributed by atoms with Crippen LogP contribution in [0.15, 0.2) is 42.6 Å². The van der Waals surface area contributed by atoms with Crippen LogP contribution in [0.1, 0.15) is 18.4 Å². The molecule has 0 spiro atoms. The van der Waals surface area contributed by atoms with Crippen molar-refractivity contribution in [3.63, 3.8) is 0 Å². The molecule has 2 amide bonds. The third kappa shape index (κ3) is 4.98. The Kier molecular flexibility index (Phi) is 6.13. The Hall–Kier alpha value is -3.09. The van der Waals surface area contributed by atoms with Crippen LogP contribution in [0.3, 0.4) is 0 Å². The SMILES string of the molecule is COc1ccccc1Oc1ncccc1CNC(=O)CCC(N)=O. The van der Waals surface area contributed by atoms with Gasteiger partial charge in [-0.25, -0.2) is 4.98 Å². The van der Waals surface area contributed by atoms with Crippen molar-refractivity contribution in [3.05, 3.63) is 48.2 Å². The molecule has 0 saturated heterocycles. The summed E-state index contributed by atoms with van der Waals surface area (Å²) in [5.74, 6) is 0.712. The highest BCUT2D eigenvalue weighted by Crippen LogP contribution is 2.31. The first-order valence-corrected chi connectivity index (χ1v) is 7.40. The summed E-state index contributed by atoms with van der Waals surface area (Å²) < 4.78 is 11.0. The summed E-state index contributed by atoms with van der Waals surface area (Å²) >= 11 is 0. The molecule has 2 aromatic rings. The molecule has 0 bridgehead atoms. The van der Waals surface area contributed by atoms with Crippen LogP contribution in [-0.4, -0.2) is 23.9 Å². The topological polar surface area (TPSA) is 104 Å². The largest absolute Gasteiger partial charge is 0.493 e. The van der Waals surface area contributed by atoms with Gasteiger partial charge < -0.3 is 20.5 Å². The van der Waals surface area contributed by atoms with E-state index in [4.69, 9.17) is 15.2 Å². The summed E-state index contributed by atoms with van der Waals surface area (Å²) in [6.45, 7) is 0.232. The van der Waals surface area contributed by atoms with Gasteiger partial charge in [-0.1, -0.05) is 18.2 Å². The Morgan fingerprint density at radius 3 is 2.58 bits per heavy atom. The van der Waals surface area contributed by atoms with Gasteiger partial charge in [0.1, 0.15) is 0 Å². The average molecular weight is 329 g/mol. The number of ether oxygens (including phenoxy) is 2. The fourth-order valence-corrected chi connectivity index (χ4v) is 1.98. The van der Waals surface area contributed by atoms with E-state index in [1.807, 2.05) is 12.1 Å². The number of rotatable bonds is 8. The Morgan fingerprint density at radius 1 is 1.12 bits per heavy atom. The van der Waals surface area contributed by atoms with Crippen molar-refractivity contribution in [2.75, 3.05) is 7.11 Å². The molecule has 7 nitrogen and oxygen atoms in total. The predicted molar refractivity (Wildman–Crippen MR) is 87.6 cm³/mol. The molecule has 126 valence electrons. The van der Waals surface area contributed by atoms with E-state index in [1.54, 1.807) is 37.6 Å². The van der Waals surface area contributed by atoms with Crippen LogP contribution in [0, 0.1) is 0 Å². The maximum Gasteiger partial charge on any atom is 0.224 e. The highest BCUT2D eigenvalue weighted by Gasteiger charge is 2.11. The maximum absolute atomic E-state index is 11.7. The number of aromatic nitrogens is 1. The number of nitrogens with zero attached hydrogens (tertiary/aromatic N) is 1. The highest BCUT2D eigenvalue weighted by molar-refractivity contribution is 5.82. The lowest BCUT2D eigenvalue weighted by molar-refractivity contribution is -0.125. The molecular formula is C17H19N3O4. The summed E-state index contributed by atoms with van der Waals surface area (Å²) in [5, 5.41) is 2.71. The number of hydrogen-bond acceptors (Lipinski definition) is 5. The normalized spacial score (nSPS) is 10.0. The molecule has 2 rings (SSSR count). The first-order chi connectivity index (χ1) is 11.6. The molecule has 0 aliphatic heterocycles. The lowest BCUT2D eigenvalue weighted by Gasteiger charge is -2.12. The minimum absolute atomic E-state index is 0.0173. The third-order valence-electron chi connectivity index (χ3n) is 3.20. The van der Waals surface area contributed by atoms with E-state index in [0.29, 0.717) is 22.9 Å². The van der Waals surface area contributed by atoms with Gasteiger partial charge in [0.05, 0.1) is 7.11 Å². The first kappa shape index (κ1) is 17.3.